The van der Waals surface area contributed by atoms with E-state index in [9.17, 15) is 4.79 Å². The van der Waals surface area contributed by atoms with E-state index < -0.39 is 0 Å². The third kappa shape index (κ3) is 4.93. The largest absolute Gasteiger partial charge is 0.356 e. The number of unbranched alkanes of at least 4 members (excludes halogenated alkanes) is 3. The van der Waals surface area contributed by atoms with E-state index in [0.717, 1.165) is 33.4 Å². The zero-order valence-corrected chi connectivity index (χ0v) is 14.3. The van der Waals surface area contributed by atoms with Crippen molar-refractivity contribution in [2.75, 3.05) is 6.54 Å². The molecule has 2 aromatic rings. The molecule has 2 heterocycles. The van der Waals surface area contributed by atoms with E-state index in [4.69, 9.17) is 0 Å². The van der Waals surface area contributed by atoms with Gasteiger partial charge in [-0.2, -0.15) is 0 Å². The SMILES string of the molecule is CCCCCCNC(=O)Cc1sc(C)nc1-c1cccs1. The van der Waals surface area contributed by atoms with Gasteiger partial charge in [-0.3, -0.25) is 4.79 Å². The molecule has 0 radical (unpaired) electrons. The quantitative estimate of drug-likeness (QED) is 0.731. The van der Waals surface area contributed by atoms with Crippen LogP contribution in [0.25, 0.3) is 10.6 Å². The van der Waals surface area contributed by atoms with Crippen LogP contribution in [0.1, 0.15) is 42.5 Å². The standard InChI is InChI=1S/C16H22N2OS2/c1-3-4-5-6-9-17-15(19)11-14-16(18-12(2)21-14)13-8-7-10-20-13/h7-8,10H,3-6,9,11H2,1-2H3,(H,17,19). The molecule has 0 saturated carbocycles. The maximum atomic E-state index is 12.0. The Morgan fingerprint density at radius 3 is 2.90 bits per heavy atom. The summed E-state index contributed by atoms with van der Waals surface area (Å²) in [6, 6.07) is 4.08. The second-order valence-corrected chi connectivity index (χ2v) is 7.30. The number of hydrogen-bond donors (Lipinski definition) is 1. The van der Waals surface area contributed by atoms with Crippen molar-refractivity contribution in [3.05, 3.63) is 27.4 Å². The summed E-state index contributed by atoms with van der Waals surface area (Å²) in [4.78, 5) is 18.8. The Balaban J connectivity index is 1.89. The Bertz CT molecular complexity index is 561. The fourth-order valence-corrected chi connectivity index (χ4v) is 3.94. The van der Waals surface area contributed by atoms with Crippen LogP contribution in [0.2, 0.25) is 0 Å². The topological polar surface area (TPSA) is 42.0 Å². The van der Waals surface area contributed by atoms with E-state index in [1.165, 1.54) is 19.3 Å². The lowest BCUT2D eigenvalue weighted by Crippen LogP contribution is -2.25. The van der Waals surface area contributed by atoms with Gasteiger partial charge in [0.25, 0.3) is 0 Å². The predicted molar refractivity (Wildman–Crippen MR) is 91.0 cm³/mol. The third-order valence-corrected chi connectivity index (χ3v) is 5.08. The number of thiophene rings is 1. The van der Waals surface area contributed by atoms with Crippen LogP contribution in [-0.2, 0) is 11.2 Å². The second-order valence-electron chi connectivity index (χ2n) is 5.07. The van der Waals surface area contributed by atoms with E-state index in [-0.39, 0.29) is 5.91 Å². The highest BCUT2D eigenvalue weighted by Gasteiger charge is 2.15. The molecule has 0 aliphatic heterocycles. The molecule has 0 fully saturated rings. The molecule has 0 aliphatic rings. The summed E-state index contributed by atoms with van der Waals surface area (Å²) >= 11 is 3.29. The molecule has 0 aliphatic carbocycles. The minimum absolute atomic E-state index is 0.105. The summed E-state index contributed by atoms with van der Waals surface area (Å²) in [5.74, 6) is 0.105. The highest BCUT2D eigenvalue weighted by molar-refractivity contribution is 7.15. The highest BCUT2D eigenvalue weighted by Crippen LogP contribution is 2.31. The van der Waals surface area contributed by atoms with Crippen molar-refractivity contribution in [3.8, 4) is 10.6 Å². The fourth-order valence-electron chi connectivity index (χ4n) is 2.18. The van der Waals surface area contributed by atoms with Crippen molar-refractivity contribution >= 4 is 28.6 Å². The molecule has 0 atom stereocenters. The first-order valence-corrected chi connectivity index (χ1v) is 9.17. The molecule has 0 spiro atoms. The first-order chi connectivity index (χ1) is 10.2. The van der Waals surface area contributed by atoms with Gasteiger partial charge in [-0.25, -0.2) is 4.98 Å². The molecular formula is C16H22N2OS2. The number of aryl methyl sites for hydroxylation is 1. The van der Waals surface area contributed by atoms with E-state index >= 15 is 0 Å². The molecule has 114 valence electrons. The number of thiazole rings is 1. The average Bonchev–Trinajstić information content (AvgIpc) is 3.08. The van der Waals surface area contributed by atoms with E-state index in [1.807, 2.05) is 18.4 Å². The lowest BCUT2D eigenvalue weighted by Gasteiger charge is -2.04. The number of carbonyl (C=O) groups is 1. The van der Waals surface area contributed by atoms with Gasteiger partial charge in [0.15, 0.2) is 0 Å². The summed E-state index contributed by atoms with van der Waals surface area (Å²) in [7, 11) is 0. The van der Waals surface area contributed by atoms with E-state index in [1.54, 1.807) is 22.7 Å². The average molecular weight is 322 g/mol. The van der Waals surface area contributed by atoms with Gasteiger partial charge >= 0.3 is 0 Å². The first kappa shape index (κ1) is 16.2. The van der Waals surface area contributed by atoms with Crippen molar-refractivity contribution in [2.45, 2.75) is 46.0 Å². The molecule has 0 aromatic carbocycles. The third-order valence-electron chi connectivity index (χ3n) is 3.23. The second kappa shape index (κ2) is 8.29. The molecule has 5 heteroatoms. The number of rotatable bonds is 8. The van der Waals surface area contributed by atoms with Gasteiger partial charge in [0.1, 0.15) is 0 Å². The van der Waals surface area contributed by atoms with Gasteiger partial charge in [-0.15, -0.1) is 22.7 Å². The maximum absolute atomic E-state index is 12.0. The molecule has 0 bridgehead atoms. The molecule has 21 heavy (non-hydrogen) atoms. The molecule has 2 aromatic heterocycles. The summed E-state index contributed by atoms with van der Waals surface area (Å²) in [5, 5.41) is 6.08. The number of hydrogen-bond acceptors (Lipinski definition) is 4. The Kier molecular flexibility index (Phi) is 6.39. The summed E-state index contributed by atoms with van der Waals surface area (Å²) in [6.07, 6.45) is 5.16. The van der Waals surface area contributed by atoms with Crippen molar-refractivity contribution in [2.24, 2.45) is 0 Å². The monoisotopic (exact) mass is 322 g/mol. The van der Waals surface area contributed by atoms with E-state index in [2.05, 4.69) is 23.3 Å². The van der Waals surface area contributed by atoms with Crippen LogP contribution in [-0.4, -0.2) is 17.4 Å². The Labute approximate surface area is 134 Å². The van der Waals surface area contributed by atoms with Crippen molar-refractivity contribution in [1.29, 1.82) is 0 Å². The Morgan fingerprint density at radius 2 is 2.19 bits per heavy atom. The lowest BCUT2D eigenvalue weighted by molar-refractivity contribution is -0.120. The normalized spacial score (nSPS) is 10.8. The zero-order valence-electron chi connectivity index (χ0n) is 12.6. The summed E-state index contributed by atoms with van der Waals surface area (Å²) in [6.45, 7) is 4.97. The molecule has 0 saturated heterocycles. The smallest absolute Gasteiger partial charge is 0.225 e. The Hall–Kier alpha value is -1.20. The van der Waals surface area contributed by atoms with Gasteiger partial charge in [-0.05, 0) is 24.8 Å². The van der Waals surface area contributed by atoms with Gasteiger partial charge in [0.05, 0.1) is 22.0 Å². The van der Waals surface area contributed by atoms with Crippen molar-refractivity contribution in [3.63, 3.8) is 0 Å². The van der Waals surface area contributed by atoms with Crippen LogP contribution in [0.5, 0.6) is 0 Å². The fraction of sp³-hybridized carbons (Fsp3) is 0.500. The Morgan fingerprint density at radius 1 is 1.33 bits per heavy atom. The highest BCUT2D eigenvalue weighted by atomic mass is 32.1. The van der Waals surface area contributed by atoms with Crippen LogP contribution in [0, 0.1) is 6.92 Å². The number of nitrogens with one attached hydrogen (secondary N) is 1. The minimum atomic E-state index is 0.105. The molecule has 2 rings (SSSR count). The van der Waals surface area contributed by atoms with E-state index in [0.29, 0.717) is 6.42 Å². The van der Waals surface area contributed by atoms with Crippen LogP contribution >= 0.6 is 22.7 Å². The van der Waals surface area contributed by atoms with Crippen LogP contribution in [0.3, 0.4) is 0 Å². The number of aromatic nitrogens is 1. The molecule has 1 amide bonds. The summed E-state index contributed by atoms with van der Waals surface area (Å²) < 4.78 is 0. The van der Waals surface area contributed by atoms with Gasteiger partial charge in [-0.1, -0.05) is 32.3 Å². The molecule has 1 N–H and O–H groups in total. The zero-order chi connectivity index (χ0) is 15.1. The van der Waals surface area contributed by atoms with Crippen molar-refractivity contribution < 1.29 is 4.79 Å². The summed E-state index contributed by atoms with van der Waals surface area (Å²) in [5.41, 5.74) is 0.980. The predicted octanol–water partition coefficient (Wildman–Crippen LogP) is 4.42. The lowest BCUT2D eigenvalue weighted by atomic mass is 10.2. The van der Waals surface area contributed by atoms with Gasteiger partial charge in [0.2, 0.25) is 5.91 Å². The van der Waals surface area contributed by atoms with Crippen LogP contribution < -0.4 is 5.32 Å². The van der Waals surface area contributed by atoms with Gasteiger partial charge in [0, 0.05) is 11.4 Å². The number of amides is 1. The van der Waals surface area contributed by atoms with Crippen molar-refractivity contribution in [1.82, 2.24) is 10.3 Å². The molecule has 0 unspecified atom stereocenters. The maximum Gasteiger partial charge on any atom is 0.225 e. The number of nitrogens with zero attached hydrogens (tertiary/aromatic N) is 1. The van der Waals surface area contributed by atoms with Crippen LogP contribution in [0.4, 0.5) is 0 Å². The van der Waals surface area contributed by atoms with Gasteiger partial charge < -0.3 is 5.32 Å². The van der Waals surface area contributed by atoms with Crippen LogP contribution in [0.15, 0.2) is 17.5 Å². The first-order valence-electron chi connectivity index (χ1n) is 7.47. The number of carbonyl (C=O) groups excluding carboxylic acids is 1. The molecule has 3 nitrogen and oxygen atoms in total. The minimum Gasteiger partial charge on any atom is -0.356 e. The molecular weight excluding hydrogens is 300 g/mol.